The molecule has 1 amide bonds. The van der Waals surface area contributed by atoms with Gasteiger partial charge >= 0.3 is 0 Å². The Kier molecular flexibility index (Phi) is 6.43. The van der Waals surface area contributed by atoms with Crippen LogP contribution in [-0.4, -0.2) is 42.1 Å². The van der Waals surface area contributed by atoms with Gasteiger partial charge in [0.1, 0.15) is 0 Å². The first-order valence-corrected chi connectivity index (χ1v) is 10.9. The number of ether oxygens (including phenoxy) is 1. The van der Waals surface area contributed by atoms with Crippen molar-refractivity contribution in [2.75, 3.05) is 31.6 Å². The topological polar surface area (TPSA) is 67.6 Å². The fraction of sp³-hybridized carbons (Fsp3) is 0.300. The number of thioether (sulfide) groups is 1. The smallest absolute Gasteiger partial charge is 0.293 e. The normalized spacial score (nSPS) is 14.9. The molecule has 0 atom stereocenters. The lowest BCUT2D eigenvalue weighted by molar-refractivity contribution is 0.0337. The van der Waals surface area contributed by atoms with Gasteiger partial charge in [-0.25, -0.2) is 4.98 Å². The zero-order valence-corrected chi connectivity index (χ0v) is 16.9. The number of thiazole rings is 1. The van der Waals surface area contributed by atoms with Gasteiger partial charge in [-0.2, -0.15) is 0 Å². The fourth-order valence-corrected chi connectivity index (χ4v) is 4.50. The van der Waals surface area contributed by atoms with Crippen LogP contribution in [0, 0.1) is 0 Å². The molecule has 2 aromatic heterocycles. The van der Waals surface area contributed by atoms with Gasteiger partial charge in [0.2, 0.25) is 0 Å². The van der Waals surface area contributed by atoms with E-state index in [9.17, 15) is 4.79 Å². The predicted molar refractivity (Wildman–Crippen MR) is 111 cm³/mol. The molecule has 0 spiro atoms. The average molecular weight is 416 g/mol. The summed E-state index contributed by atoms with van der Waals surface area (Å²) >= 11 is 3.10. The molecule has 4 rings (SSSR count). The molecule has 0 aliphatic carbocycles. The van der Waals surface area contributed by atoms with Crippen LogP contribution in [0.1, 0.15) is 21.8 Å². The first-order valence-electron chi connectivity index (χ1n) is 9.08. The van der Waals surface area contributed by atoms with Crippen molar-refractivity contribution in [3.05, 3.63) is 65.1 Å². The molecule has 0 bridgehead atoms. The second-order valence-electron chi connectivity index (χ2n) is 6.36. The van der Waals surface area contributed by atoms with E-state index in [0.29, 0.717) is 16.6 Å². The highest BCUT2D eigenvalue weighted by molar-refractivity contribution is 7.98. The Morgan fingerprint density at radius 2 is 2.04 bits per heavy atom. The Morgan fingerprint density at radius 3 is 2.86 bits per heavy atom. The molecular formula is C20H21N3O3S2. The number of benzene rings is 1. The number of hydrogen-bond acceptors (Lipinski definition) is 7. The number of amides is 1. The van der Waals surface area contributed by atoms with Crippen LogP contribution in [0.3, 0.4) is 0 Å². The summed E-state index contributed by atoms with van der Waals surface area (Å²) in [6, 6.07) is 11.9. The highest BCUT2D eigenvalue weighted by atomic mass is 32.2. The number of carbonyl (C=O) groups excluding carboxylic acids is 1. The molecule has 1 saturated heterocycles. The summed E-state index contributed by atoms with van der Waals surface area (Å²) in [5.74, 6) is 0.748. The molecule has 0 radical (unpaired) electrons. The molecule has 3 heterocycles. The molecule has 8 heteroatoms. The summed E-state index contributed by atoms with van der Waals surface area (Å²) in [5, 5.41) is 5.44. The van der Waals surface area contributed by atoms with Gasteiger partial charge in [-0.3, -0.25) is 15.0 Å². The van der Waals surface area contributed by atoms with Gasteiger partial charge in [0, 0.05) is 41.2 Å². The second-order valence-corrected chi connectivity index (χ2v) is 8.27. The van der Waals surface area contributed by atoms with Crippen molar-refractivity contribution >= 4 is 34.1 Å². The van der Waals surface area contributed by atoms with Crippen molar-refractivity contribution in [1.82, 2.24) is 9.88 Å². The van der Waals surface area contributed by atoms with E-state index in [1.807, 2.05) is 29.6 Å². The number of aromatic nitrogens is 1. The van der Waals surface area contributed by atoms with Crippen LogP contribution in [-0.2, 0) is 17.0 Å². The molecule has 6 nitrogen and oxygen atoms in total. The molecule has 0 saturated carbocycles. The van der Waals surface area contributed by atoms with Gasteiger partial charge in [0.15, 0.2) is 10.9 Å². The molecule has 1 aliphatic heterocycles. The third kappa shape index (κ3) is 5.02. The second kappa shape index (κ2) is 9.38. The Morgan fingerprint density at radius 1 is 1.21 bits per heavy atom. The van der Waals surface area contributed by atoms with E-state index in [0.717, 1.165) is 49.0 Å². The lowest BCUT2D eigenvalue weighted by atomic mass is 10.3. The van der Waals surface area contributed by atoms with E-state index in [1.54, 1.807) is 18.0 Å². The quantitative estimate of drug-likeness (QED) is 0.586. The average Bonchev–Trinajstić information content (AvgIpc) is 3.37. The third-order valence-electron chi connectivity index (χ3n) is 4.35. The van der Waals surface area contributed by atoms with Crippen LogP contribution < -0.4 is 5.32 Å². The monoisotopic (exact) mass is 415 g/mol. The minimum absolute atomic E-state index is 0.263. The van der Waals surface area contributed by atoms with E-state index < -0.39 is 0 Å². The number of furan rings is 1. The van der Waals surface area contributed by atoms with Gasteiger partial charge in [0.25, 0.3) is 5.91 Å². The summed E-state index contributed by atoms with van der Waals surface area (Å²) in [6.07, 6.45) is 1.56. The van der Waals surface area contributed by atoms with Crippen LogP contribution in [0.5, 0.6) is 0 Å². The number of rotatable bonds is 7. The number of morpholine rings is 1. The third-order valence-corrected chi connectivity index (χ3v) is 6.22. The number of nitrogens with zero attached hydrogens (tertiary/aromatic N) is 2. The lowest BCUT2D eigenvalue weighted by Crippen LogP contribution is -2.35. The Bertz CT molecular complexity index is 904. The molecule has 146 valence electrons. The minimum atomic E-state index is -0.263. The first kappa shape index (κ1) is 19.2. The molecule has 1 aromatic carbocycles. The SMILES string of the molecule is O=C(Nc1nc(CN2CCOCC2)cs1)c1occc1CSc1ccccc1. The zero-order valence-electron chi connectivity index (χ0n) is 15.3. The standard InChI is InChI=1S/C20H21N3O3S2/c24-19(18-15(6-9-26-18)13-27-17-4-2-1-3-5-17)22-20-21-16(14-28-20)12-23-7-10-25-11-8-23/h1-6,9,14H,7-8,10-13H2,(H,21,22,24). The maximum atomic E-state index is 12.6. The maximum absolute atomic E-state index is 12.6. The van der Waals surface area contributed by atoms with Gasteiger partial charge in [-0.1, -0.05) is 18.2 Å². The van der Waals surface area contributed by atoms with Gasteiger partial charge in [-0.05, 0) is 18.2 Å². The first-order chi connectivity index (χ1) is 13.8. The maximum Gasteiger partial charge on any atom is 0.293 e. The van der Waals surface area contributed by atoms with Crippen LogP contribution >= 0.6 is 23.1 Å². The van der Waals surface area contributed by atoms with Crippen molar-refractivity contribution in [3.63, 3.8) is 0 Å². The Labute approximate surface area is 171 Å². The molecule has 28 heavy (non-hydrogen) atoms. The fourth-order valence-electron chi connectivity index (χ4n) is 2.91. The van der Waals surface area contributed by atoms with Crippen LogP contribution in [0.25, 0.3) is 0 Å². The van der Waals surface area contributed by atoms with Crippen molar-refractivity contribution < 1.29 is 13.9 Å². The number of nitrogens with one attached hydrogen (secondary N) is 1. The number of hydrogen-bond donors (Lipinski definition) is 1. The van der Waals surface area contributed by atoms with E-state index in [-0.39, 0.29) is 5.91 Å². The molecular weight excluding hydrogens is 394 g/mol. The number of anilines is 1. The summed E-state index contributed by atoms with van der Waals surface area (Å²) in [6.45, 7) is 4.11. The molecule has 0 unspecified atom stereocenters. The lowest BCUT2D eigenvalue weighted by Gasteiger charge is -2.25. The van der Waals surface area contributed by atoms with Crippen molar-refractivity contribution in [2.24, 2.45) is 0 Å². The van der Waals surface area contributed by atoms with E-state index in [2.05, 4.69) is 27.3 Å². The number of carbonyl (C=O) groups is 1. The van der Waals surface area contributed by atoms with Crippen molar-refractivity contribution in [3.8, 4) is 0 Å². The molecule has 1 fully saturated rings. The van der Waals surface area contributed by atoms with Crippen LogP contribution in [0.2, 0.25) is 0 Å². The van der Waals surface area contributed by atoms with E-state index in [4.69, 9.17) is 9.15 Å². The Balaban J connectivity index is 1.34. The largest absolute Gasteiger partial charge is 0.459 e. The van der Waals surface area contributed by atoms with E-state index >= 15 is 0 Å². The highest BCUT2D eigenvalue weighted by Gasteiger charge is 2.18. The van der Waals surface area contributed by atoms with Crippen LogP contribution in [0.15, 0.2) is 57.4 Å². The summed E-state index contributed by atoms with van der Waals surface area (Å²) < 4.78 is 10.8. The van der Waals surface area contributed by atoms with Gasteiger partial charge in [0.05, 0.1) is 25.2 Å². The van der Waals surface area contributed by atoms with Crippen molar-refractivity contribution in [1.29, 1.82) is 0 Å². The summed E-state index contributed by atoms with van der Waals surface area (Å²) in [5.41, 5.74) is 1.83. The minimum Gasteiger partial charge on any atom is -0.459 e. The summed E-state index contributed by atoms with van der Waals surface area (Å²) in [7, 11) is 0. The van der Waals surface area contributed by atoms with E-state index in [1.165, 1.54) is 11.3 Å². The van der Waals surface area contributed by atoms with Crippen molar-refractivity contribution in [2.45, 2.75) is 17.2 Å². The summed E-state index contributed by atoms with van der Waals surface area (Å²) in [4.78, 5) is 20.6. The van der Waals surface area contributed by atoms with Crippen LogP contribution in [0.4, 0.5) is 5.13 Å². The van der Waals surface area contributed by atoms with Gasteiger partial charge < -0.3 is 9.15 Å². The van der Waals surface area contributed by atoms with Gasteiger partial charge in [-0.15, -0.1) is 23.1 Å². The molecule has 1 aliphatic rings. The zero-order chi connectivity index (χ0) is 19.2. The highest BCUT2D eigenvalue weighted by Crippen LogP contribution is 2.26. The molecule has 3 aromatic rings. The molecule has 1 N–H and O–H groups in total. The predicted octanol–water partition coefficient (Wildman–Crippen LogP) is 4.11. The Hall–Kier alpha value is -2.13.